The molecule has 0 heterocycles. The average Bonchev–Trinajstić information content (AvgIpc) is 3.10. The van der Waals surface area contributed by atoms with Crippen LogP contribution in [0.2, 0.25) is 0 Å². The van der Waals surface area contributed by atoms with Crippen LogP contribution in [0, 0.1) is 17.3 Å². The number of hydrogen-bond acceptors (Lipinski definition) is 3. The zero-order valence-electron chi connectivity index (χ0n) is 19.2. The highest BCUT2D eigenvalue weighted by Crippen LogP contribution is 2.64. The van der Waals surface area contributed by atoms with E-state index < -0.39 is 11.7 Å². The lowest BCUT2D eigenvalue weighted by Gasteiger charge is -2.50. The third kappa shape index (κ3) is 3.68. The second-order valence-electron chi connectivity index (χ2n) is 10.1. The van der Waals surface area contributed by atoms with Crippen LogP contribution >= 0.6 is 0 Å². The van der Waals surface area contributed by atoms with Crippen molar-refractivity contribution in [3.05, 3.63) is 70.3 Å². The molecular formula is C28H27F3O3. The summed E-state index contributed by atoms with van der Waals surface area (Å²) in [6.45, 7) is 3.52. The Kier molecular flexibility index (Phi) is 5.45. The number of fused-ring (bicyclic) bond motifs is 5. The fourth-order valence-electron chi connectivity index (χ4n) is 6.97. The van der Waals surface area contributed by atoms with Gasteiger partial charge >= 0.3 is 12.1 Å². The first kappa shape index (κ1) is 22.9. The summed E-state index contributed by atoms with van der Waals surface area (Å²) in [5.74, 6) is 1.11. The third-order valence-electron chi connectivity index (χ3n) is 8.30. The molecular weight excluding hydrogens is 441 g/mol. The molecule has 0 saturated heterocycles. The molecule has 1 saturated carbocycles. The summed E-state index contributed by atoms with van der Waals surface area (Å²) in [5.41, 5.74) is 3.41. The third-order valence-corrected chi connectivity index (χ3v) is 8.30. The van der Waals surface area contributed by atoms with Gasteiger partial charge in [-0.2, -0.15) is 13.2 Å². The Bertz CT molecular complexity index is 1200. The SMILES string of the molecule is CC(=O)Oc1ccc2c(c1)CC[C@@H]1[C@@H]2CC[C@]2(C)C(c3cccc(C(F)(F)F)c3)=C(C=O)C[C@@H]12. The van der Waals surface area contributed by atoms with E-state index >= 15 is 0 Å². The van der Waals surface area contributed by atoms with E-state index in [9.17, 15) is 22.8 Å². The summed E-state index contributed by atoms with van der Waals surface area (Å²) in [7, 11) is 0. The van der Waals surface area contributed by atoms with Gasteiger partial charge in [-0.05, 0) is 107 Å². The van der Waals surface area contributed by atoms with Crippen molar-refractivity contribution in [2.75, 3.05) is 0 Å². The van der Waals surface area contributed by atoms with Gasteiger partial charge in [-0.25, -0.2) is 0 Å². The van der Waals surface area contributed by atoms with E-state index in [0.29, 0.717) is 35.1 Å². The first-order chi connectivity index (χ1) is 16.1. The molecule has 5 rings (SSSR count). The summed E-state index contributed by atoms with van der Waals surface area (Å²) >= 11 is 0. The van der Waals surface area contributed by atoms with Gasteiger partial charge in [0.05, 0.1) is 5.56 Å². The molecule has 0 unspecified atom stereocenters. The summed E-state index contributed by atoms with van der Waals surface area (Å²) < 4.78 is 45.5. The Morgan fingerprint density at radius 3 is 2.65 bits per heavy atom. The molecule has 0 N–H and O–H groups in total. The molecule has 3 aliphatic carbocycles. The Balaban J connectivity index is 1.49. The van der Waals surface area contributed by atoms with Gasteiger partial charge in [-0.1, -0.05) is 25.1 Å². The van der Waals surface area contributed by atoms with Crippen molar-refractivity contribution in [3.8, 4) is 5.75 Å². The zero-order chi connectivity index (χ0) is 24.3. The lowest BCUT2D eigenvalue weighted by molar-refractivity contribution is -0.137. The molecule has 4 atom stereocenters. The number of carbonyl (C=O) groups is 2. The van der Waals surface area contributed by atoms with Gasteiger partial charge < -0.3 is 4.74 Å². The quantitative estimate of drug-likeness (QED) is 0.284. The smallest absolute Gasteiger partial charge is 0.416 e. The van der Waals surface area contributed by atoms with E-state index in [0.717, 1.165) is 43.6 Å². The lowest BCUT2D eigenvalue weighted by Crippen LogP contribution is -2.40. The van der Waals surface area contributed by atoms with Crippen molar-refractivity contribution >= 4 is 17.8 Å². The van der Waals surface area contributed by atoms with E-state index in [4.69, 9.17) is 4.74 Å². The number of aryl methyl sites for hydroxylation is 1. The number of rotatable bonds is 3. The fraction of sp³-hybridized carbons (Fsp3) is 0.429. The van der Waals surface area contributed by atoms with E-state index in [1.54, 1.807) is 6.07 Å². The highest BCUT2D eigenvalue weighted by molar-refractivity contribution is 5.92. The normalized spacial score (nSPS) is 28.1. The number of alkyl halides is 3. The number of esters is 1. The largest absolute Gasteiger partial charge is 0.427 e. The predicted octanol–water partition coefficient (Wildman–Crippen LogP) is 6.75. The van der Waals surface area contributed by atoms with E-state index in [2.05, 4.69) is 13.0 Å². The summed E-state index contributed by atoms with van der Waals surface area (Å²) in [4.78, 5) is 23.5. The van der Waals surface area contributed by atoms with Crippen LogP contribution in [0.25, 0.3) is 5.57 Å². The minimum atomic E-state index is -4.42. The number of benzene rings is 2. The standard InChI is InChI=1S/C28H27F3O3/c1-16(33)34-21-7-9-22-17(13-21)6-8-24-23(22)10-11-27(2)25(24)14-19(15-32)26(27)18-4-3-5-20(12-18)28(29,30)31/h3-5,7,9,12-13,15,23-25H,6,8,10-11,14H2,1-2H3/t23-,24-,25+,27+/m1/s1. The molecule has 0 bridgehead atoms. The van der Waals surface area contributed by atoms with Gasteiger partial charge in [0, 0.05) is 6.92 Å². The molecule has 0 aromatic heterocycles. The number of carbonyl (C=O) groups excluding carboxylic acids is 2. The number of ether oxygens (including phenoxy) is 1. The predicted molar refractivity (Wildman–Crippen MR) is 122 cm³/mol. The van der Waals surface area contributed by atoms with E-state index in [1.807, 2.05) is 12.1 Å². The van der Waals surface area contributed by atoms with Crippen molar-refractivity contribution in [1.29, 1.82) is 0 Å². The maximum Gasteiger partial charge on any atom is 0.416 e. The van der Waals surface area contributed by atoms with Crippen LogP contribution in [0.1, 0.15) is 67.7 Å². The molecule has 6 heteroatoms. The van der Waals surface area contributed by atoms with Crippen LogP contribution in [0.5, 0.6) is 5.75 Å². The molecule has 2 aromatic carbocycles. The van der Waals surface area contributed by atoms with Gasteiger partial charge in [0.2, 0.25) is 0 Å². The van der Waals surface area contributed by atoms with Crippen LogP contribution in [0.3, 0.4) is 0 Å². The van der Waals surface area contributed by atoms with Gasteiger partial charge in [-0.3, -0.25) is 9.59 Å². The van der Waals surface area contributed by atoms with Gasteiger partial charge in [-0.15, -0.1) is 0 Å². The number of hydrogen-bond donors (Lipinski definition) is 0. The van der Waals surface area contributed by atoms with Gasteiger partial charge in [0.15, 0.2) is 0 Å². The molecule has 3 nitrogen and oxygen atoms in total. The van der Waals surface area contributed by atoms with Crippen molar-refractivity contribution in [2.45, 2.75) is 58.0 Å². The lowest BCUT2D eigenvalue weighted by atomic mass is 9.54. The summed E-state index contributed by atoms with van der Waals surface area (Å²) in [6, 6.07) is 11.3. The maximum absolute atomic E-state index is 13.4. The minimum absolute atomic E-state index is 0.206. The molecule has 2 aromatic rings. The maximum atomic E-state index is 13.4. The zero-order valence-corrected chi connectivity index (χ0v) is 19.2. The Labute approximate surface area is 197 Å². The monoisotopic (exact) mass is 468 g/mol. The highest BCUT2D eigenvalue weighted by atomic mass is 19.4. The van der Waals surface area contributed by atoms with Crippen LogP contribution in [-0.2, 0) is 22.2 Å². The van der Waals surface area contributed by atoms with Crippen molar-refractivity contribution in [2.24, 2.45) is 17.3 Å². The molecule has 0 radical (unpaired) electrons. The fourth-order valence-corrected chi connectivity index (χ4v) is 6.97. The average molecular weight is 469 g/mol. The number of halogens is 3. The van der Waals surface area contributed by atoms with Crippen molar-refractivity contribution in [1.82, 2.24) is 0 Å². The highest BCUT2D eigenvalue weighted by Gasteiger charge is 2.54. The summed E-state index contributed by atoms with van der Waals surface area (Å²) in [6.07, 6.45) is 0.562. The van der Waals surface area contributed by atoms with Gasteiger partial charge in [0.25, 0.3) is 0 Å². The summed E-state index contributed by atoms with van der Waals surface area (Å²) in [5, 5.41) is 0. The second kappa shape index (κ2) is 8.10. The van der Waals surface area contributed by atoms with Gasteiger partial charge in [0.1, 0.15) is 12.0 Å². The molecule has 3 aliphatic rings. The minimum Gasteiger partial charge on any atom is -0.427 e. The molecule has 0 spiro atoms. The van der Waals surface area contributed by atoms with Crippen LogP contribution in [0.4, 0.5) is 13.2 Å². The number of aldehydes is 1. The molecule has 0 aliphatic heterocycles. The molecule has 1 fully saturated rings. The van der Waals surface area contributed by atoms with E-state index in [-0.39, 0.29) is 17.3 Å². The Morgan fingerprint density at radius 2 is 1.94 bits per heavy atom. The Hall–Kier alpha value is -2.89. The van der Waals surface area contributed by atoms with E-state index in [1.165, 1.54) is 30.2 Å². The first-order valence-electron chi connectivity index (χ1n) is 11.8. The molecule has 0 amide bonds. The topological polar surface area (TPSA) is 43.4 Å². The van der Waals surface area contributed by atoms with Crippen LogP contribution in [0.15, 0.2) is 48.0 Å². The molecule has 178 valence electrons. The molecule has 34 heavy (non-hydrogen) atoms. The first-order valence-corrected chi connectivity index (χ1v) is 11.8. The van der Waals surface area contributed by atoms with Crippen molar-refractivity contribution in [3.63, 3.8) is 0 Å². The van der Waals surface area contributed by atoms with Crippen LogP contribution < -0.4 is 4.74 Å². The van der Waals surface area contributed by atoms with Crippen molar-refractivity contribution < 1.29 is 27.5 Å². The number of allylic oxidation sites excluding steroid dienone is 2. The second-order valence-corrected chi connectivity index (χ2v) is 10.1. The Morgan fingerprint density at radius 1 is 1.15 bits per heavy atom. The van der Waals surface area contributed by atoms with Crippen LogP contribution in [-0.4, -0.2) is 12.3 Å².